The summed E-state index contributed by atoms with van der Waals surface area (Å²) in [4.78, 5) is 1.07. The fourth-order valence-electron chi connectivity index (χ4n) is 1.52. The van der Waals surface area contributed by atoms with Gasteiger partial charge in [-0.2, -0.15) is 5.26 Å². The molecule has 0 saturated heterocycles. The van der Waals surface area contributed by atoms with E-state index < -0.39 is 5.54 Å². The zero-order chi connectivity index (χ0) is 14.3. The first kappa shape index (κ1) is 16.7. The van der Waals surface area contributed by atoms with Crippen LogP contribution in [0.5, 0.6) is 0 Å². The van der Waals surface area contributed by atoms with Gasteiger partial charge >= 0.3 is 0 Å². The standard InChI is InChI=1S/C14H18Cl2N2S/c1-3-7-18-14(2,10-17)6-8-19-11-4-5-12(15)13(16)9-11/h4-5,9,18H,3,6-8H2,1-2H3. The summed E-state index contributed by atoms with van der Waals surface area (Å²) >= 11 is 13.5. The summed E-state index contributed by atoms with van der Waals surface area (Å²) in [6.45, 7) is 4.90. The zero-order valence-electron chi connectivity index (χ0n) is 11.2. The Morgan fingerprint density at radius 1 is 1.37 bits per heavy atom. The lowest BCUT2D eigenvalue weighted by atomic mass is 10.0. The molecule has 0 radical (unpaired) electrons. The van der Waals surface area contributed by atoms with Gasteiger partial charge in [0.2, 0.25) is 0 Å². The molecule has 0 aliphatic rings. The average molecular weight is 317 g/mol. The maximum Gasteiger partial charge on any atom is 0.104 e. The molecule has 0 fully saturated rings. The molecule has 0 aromatic heterocycles. The third-order valence-electron chi connectivity index (χ3n) is 2.77. The number of thioether (sulfide) groups is 1. The SMILES string of the molecule is CCCNC(C)(C#N)CCSc1ccc(Cl)c(Cl)c1. The van der Waals surface area contributed by atoms with Crippen molar-refractivity contribution >= 4 is 35.0 Å². The van der Waals surface area contributed by atoms with Gasteiger partial charge in [0.05, 0.1) is 16.1 Å². The topological polar surface area (TPSA) is 35.8 Å². The van der Waals surface area contributed by atoms with Crippen LogP contribution in [0.4, 0.5) is 0 Å². The molecule has 1 rings (SSSR count). The molecule has 19 heavy (non-hydrogen) atoms. The minimum atomic E-state index is -0.459. The van der Waals surface area contributed by atoms with Gasteiger partial charge in [-0.05, 0) is 44.5 Å². The van der Waals surface area contributed by atoms with Crippen molar-refractivity contribution in [3.05, 3.63) is 28.2 Å². The summed E-state index contributed by atoms with van der Waals surface area (Å²) in [5.74, 6) is 0.860. The van der Waals surface area contributed by atoms with Crippen molar-refractivity contribution in [2.75, 3.05) is 12.3 Å². The summed E-state index contributed by atoms with van der Waals surface area (Å²) in [6, 6.07) is 7.95. The lowest BCUT2D eigenvalue weighted by Crippen LogP contribution is -2.41. The highest BCUT2D eigenvalue weighted by Crippen LogP contribution is 2.29. The number of benzene rings is 1. The van der Waals surface area contributed by atoms with Crippen molar-refractivity contribution < 1.29 is 0 Å². The first-order valence-corrected chi connectivity index (χ1v) is 7.99. The molecule has 1 N–H and O–H groups in total. The Kier molecular flexibility index (Phi) is 7.02. The highest BCUT2D eigenvalue weighted by atomic mass is 35.5. The van der Waals surface area contributed by atoms with Crippen LogP contribution < -0.4 is 5.32 Å². The van der Waals surface area contributed by atoms with Crippen LogP contribution in [0.3, 0.4) is 0 Å². The van der Waals surface area contributed by atoms with E-state index in [-0.39, 0.29) is 0 Å². The van der Waals surface area contributed by atoms with E-state index in [0.29, 0.717) is 10.0 Å². The van der Waals surface area contributed by atoms with Gasteiger partial charge in [-0.25, -0.2) is 0 Å². The normalized spacial score (nSPS) is 13.8. The number of hydrogen-bond acceptors (Lipinski definition) is 3. The van der Waals surface area contributed by atoms with E-state index in [1.54, 1.807) is 17.8 Å². The van der Waals surface area contributed by atoms with Gasteiger partial charge in [-0.15, -0.1) is 11.8 Å². The van der Waals surface area contributed by atoms with Crippen molar-refractivity contribution in [3.8, 4) is 6.07 Å². The minimum absolute atomic E-state index is 0.459. The molecule has 2 nitrogen and oxygen atoms in total. The monoisotopic (exact) mass is 316 g/mol. The summed E-state index contributed by atoms with van der Waals surface area (Å²) in [7, 11) is 0. The fourth-order valence-corrected chi connectivity index (χ4v) is 3.00. The second-order valence-corrected chi connectivity index (χ2v) is 6.53. The Hall–Kier alpha value is -0.400. The molecule has 1 atom stereocenters. The molecular formula is C14H18Cl2N2S. The van der Waals surface area contributed by atoms with Crippen molar-refractivity contribution in [2.45, 2.75) is 37.1 Å². The molecule has 0 spiro atoms. The van der Waals surface area contributed by atoms with Crippen LogP contribution in [-0.2, 0) is 0 Å². The third kappa shape index (κ3) is 5.62. The minimum Gasteiger partial charge on any atom is -0.300 e. The molecule has 0 aliphatic carbocycles. The first-order chi connectivity index (χ1) is 9.00. The molecule has 0 aliphatic heterocycles. The molecule has 5 heteroatoms. The number of hydrogen-bond donors (Lipinski definition) is 1. The summed E-state index contributed by atoms with van der Waals surface area (Å²) in [5, 5.41) is 13.6. The Morgan fingerprint density at radius 3 is 2.68 bits per heavy atom. The number of nitriles is 1. The average Bonchev–Trinajstić information content (AvgIpc) is 2.40. The molecule has 1 aromatic rings. The lowest BCUT2D eigenvalue weighted by Gasteiger charge is -2.22. The van der Waals surface area contributed by atoms with E-state index >= 15 is 0 Å². The smallest absolute Gasteiger partial charge is 0.104 e. The molecule has 1 unspecified atom stereocenters. The van der Waals surface area contributed by atoms with E-state index in [1.807, 2.05) is 19.1 Å². The van der Waals surface area contributed by atoms with Gasteiger partial charge in [-0.1, -0.05) is 30.1 Å². The van der Waals surface area contributed by atoms with Crippen molar-refractivity contribution in [1.29, 1.82) is 5.26 Å². The molecule has 0 bridgehead atoms. The maximum atomic E-state index is 9.23. The molecule has 0 heterocycles. The van der Waals surface area contributed by atoms with Crippen LogP contribution in [0.2, 0.25) is 10.0 Å². The van der Waals surface area contributed by atoms with Gasteiger partial charge in [0.25, 0.3) is 0 Å². The van der Waals surface area contributed by atoms with Gasteiger partial charge in [-0.3, -0.25) is 5.32 Å². The highest BCUT2D eigenvalue weighted by molar-refractivity contribution is 7.99. The predicted octanol–water partition coefficient (Wildman–Crippen LogP) is 4.76. The van der Waals surface area contributed by atoms with E-state index in [9.17, 15) is 5.26 Å². The number of rotatable bonds is 7. The Bertz CT molecular complexity index is 459. The van der Waals surface area contributed by atoms with E-state index in [0.717, 1.165) is 30.0 Å². The van der Waals surface area contributed by atoms with Gasteiger partial charge < -0.3 is 0 Å². The molecular weight excluding hydrogens is 299 g/mol. The van der Waals surface area contributed by atoms with Crippen molar-refractivity contribution in [3.63, 3.8) is 0 Å². The van der Waals surface area contributed by atoms with Crippen molar-refractivity contribution in [2.24, 2.45) is 0 Å². The summed E-state index contributed by atoms with van der Waals surface area (Å²) < 4.78 is 0. The zero-order valence-corrected chi connectivity index (χ0v) is 13.5. The Labute approximate surface area is 129 Å². The number of nitrogens with one attached hydrogen (secondary N) is 1. The maximum absolute atomic E-state index is 9.23. The summed E-state index contributed by atoms with van der Waals surface area (Å²) in [5.41, 5.74) is -0.459. The first-order valence-electron chi connectivity index (χ1n) is 6.25. The Morgan fingerprint density at radius 2 is 2.11 bits per heavy atom. The van der Waals surface area contributed by atoms with Crippen LogP contribution in [0, 0.1) is 11.3 Å². The van der Waals surface area contributed by atoms with E-state index in [1.165, 1.54) is 0 Å². The number of halogens is 2. The van der Waals surface area contributed by atoms with Crippen LogP contribution in [0.1, 0.15) is 26.7 Å². The predicted molar refractivity (Wildman–Crippen MR) is 84.1 cm³/mol. The second kappa shape index (κ2) is 8.01. The molecule has 0 amide bonds. The molecule has 0 saturated carbocycles. The van der Waals surface area contributed by atoms with Crippen LogP contribution in [0.25, 0.3) is 0 Å². The largest absolute Gasteiger partial charge is 0.300 e. The molecule has 104 valence electrons. The van der Waals surface area contributed by atoms with Gasteiger partial charge in [0.1, 0.15) is 5.54 Å². The van der Waals surface area contributed by atoms with Gasteiger partial charge in [0, 0.05) is 10.6 Å². The van der Waals surface area contributed by atoms with Crippen LogP contribution in [-0.4, -0.2) is 17.8 Å². The highest BCUT2D eigenvalue weighted by Gasteiger charge is 2.21. The third-order valence-corrected chi connectivity index (χ3v) is 4.51. The van der Waals surface area contributed by atoms with Gasteiger partial charge in [0.15, 0.2) is 0 Å². The van der Waals surface area contributed by atoms with Crippen LogP contribution >= 0.6 is 35.0 Å². The quantitative estimate of drug-likeness (QED) is 0.737. The van der Waals surface area contributed by atoms with E-state index in [4.69, 9.17) is 23.2 Å². The van der Waals surface area contributed by atoms with Crippen molar-refractivity contribution in [1.82, 2.24) is 5.32 Å². The number of nitrogens with zero attached hydrogens (tertiary/aromatic N) is 1. The van der Waals surface area contributed by atoms with Crippen LogP contribution in [0.15, 0.2) is 23.1 Å². The van der Waals surface area contributed by atoms with E-state index in [2.05, 4.69) is 18.3 Å². The Balaban J connectivity index is 2.48. The second-order valence-electron chi connectivity index (χ2n) is 4.55. The summed E-state index contributed by atoms with van der Waals surface area (Å²) in [6.07, 6.45) is 1.81. The lowest BCUT2D eigenvalue weighted by molar-refractivity contribution is 0.437. The molecule has 1 aromatic carbocycles. The fraction of sp³-hybridized carbons (Fsp3) is 0.500.